The topological polar surface area (TPSA) is 88.6 Å². The minimum absolute atomic E-state index is 0.0901. The quantitative estimate of drug-likeness (QED) is 0.286. The molecule has 3 aromatic rings. The lowest BCUT2D eigenvalue weighted by molar-refractivity contribution is -0.184. The molecule has 1 N–H and O–H groups in total. The van der Waals surface area contributed by atoms with Crippen molar-refractivity contribution in [1.82, 2.24) is 4.98 Å². The van der Waals surface area contributed by atoms with E-state index < -0.39 is 24.1 Å². The number of nitrogens with one attached hydrogen (secondary N) is 1. The number of carbonyl (C=O) groups excluding carboxylic acids is 3. The average molecular weight is 580 g/mol. The number of thiophene rings is 1. The summed E-state index contributed by atoms with van der Waals surface area (Å²) in [7, 11) is 1.50. The van der Waals surface area contributed by atoms with Gasteiger partial charge in [-0.3, -0.25) is 14.4 Å². The molecule has 2 amide bonds. The monoisotopic (exact) mass is 579 g/mol. The number of anilines is 2. The van der Waals surface area contributed by atoms with Crippen LogP contribution in [0, 0.1) is 11.8 Å². The van der Waals surface area contributed by atoms with Crippen molar-refractivity contribution in [2.24, 2.45) is 11.8 Å². The SMILES string of the molecule is COCC(C)N(c1cc(-c2ccc(NC(=O)c3cscn3)cc2)sc1C=O)C(=O)[C@H]1CC[C@H](C(F)(F)F)CC1. The zero-order valence-electron chi connectivity index (χ0n) is 21.4. The van der Waals surface area contributed by atoms with Gasteiger partial charge in [-0.1, -0.05) is 12.1 Å². The molecule has 1 unspecified atom stereocenters. The van der Waals surface area contributed by atoms with Crippen LogP contribution in [-0.4, -0.2) is 49.0 Å². The Morgan fingerprint density at radius 2 is 1.90 bits per heavy atom. The van der Waals surface area contributed by atoms with Gasteiger partial charge in [0.1, 0.15) is 5.69 Å². The fraction of sp³-hybridized carbons (Fsp3) is 0.407. The number of thiazole rings is 1. The third kappa shape index (κ3) is 6.74. The molecule has 0 spiro atoms. The Balaban J connectivity index is 1.56. The second-order valence-corrected chi connectivity index (χ2v) is 11.3. The summed E-state index contributed by atoms with van der Waals surface area (Å²) in [6.07, 6.45) is -3.47. The Morgan fingerprint density at radius 3 is 2.46 bits per heavy atom. The Bertz CT molecular complexity index is 1280. The molecule has 1 aliphatic carbocycles. The fourth-order valence-corrected chi connectivity index (χ4v) is 6.31. The lowest BCUT2D eigenvalue weighted by atomic mass is 9.81. The van der Waals surface area contributed by atoms with Crippen LogP contribution in [0.5, 0.6) is 0 Å². The van der Waals surface area contributed by atoms with E-state index in [9.17, 15) is 27.6 Å². The minimum atomic E-state index is -4.26. The highest BCUT2D eigenvalue weighted by Crippen LogP contribution is 2.42. The molecule has 0 aliphatic heterocycles. The molecule has 0 radical (unpaired) electrons. The van der Waals surface area contributed by atoms with Crippen molar-refractivity contribution in [2.45, 2.75) is 44.8 Å². The lowest BCUT2D eigenvalue weighted by Crippen LogP contribution is -2.46. The maximum atomic E-state index is 13.7. The van der Waals surface area contributed by atoms with Crippen LogP contribution >= 0.6 is 22.7 Å². The molecule has 1 saturated carbocycles. The van der Waals surface area contributed by atoms with E-state index in [0.29, 0.717) is 28.2 Å². The van der Waals surface area contributed by atoms with E-state index in [-0.39, 0.29) is 44.1 Å². The number of rotatable bonds is 9. The standard InChI is InChI=1S/C27H28F3N3O4S2/c1-16(13-37-2)33(26(36)18-3-7-19(8-4-18)27(28,29)30)22-11-23(39-24(22)12-34)17-5-9-20(10-6-17)32-25(35)21-14-38-15-31-21/h5-6,9-12,14-16,18-19H,3-4,7-8,13H2,1-2H3,(H,32,35)/t16?,18-,19-. The van der Waals surface area contributed by atoms with Crippen molar-refractivity contribution in [1.29, 1.82) is 0 Å². The maximum absolute atomic E-state index is 13.7. The van der Waals surface area contributed by atoms with Gasteiger partial charge in [0.05, 0.1) is 34.6 Å². The van der Waals surface area contributed by atoms with E-state index in [4.69, 9.17) is 4.74 Å². The number of amides is 2. The van der Waals surface area contributed by atoms with E-state index in [1.54, 1.807) is 48.1 Å². The molecule has 1 aliphatic rings. The van der Waals surface area contributed by atoms with Crippen LogP contribution in [0.15, 0.2) is 41.2 Å². The number of carbonyl (C=O) groups is 3. The minimum Gasteiger partial charge on any atom is -0.383 e. The van der Waals surface area contributed by atoms with Gasteiger partial charge in [0.15, 0.2) is 6.29 Å². The highest BCUT2D eigenvalue weighted by atomic mass is 32.1. The van der Waals surface area contributed by atoms with E-state index in [2.05, 4.69) is 10.3 Å². The third-order valence-electron chi connectivity index (χ3n) is 6.82. The first-order chi connectivity index (χ1) is 18.6. The predicted octanol–water partition coefficient (Wildman–Crippen LogP) is 6.67. The molecule has 1 aromatic carbocycles. The van der Waals surface area contributed by atoms with Gasteiger partial charge in [0, 0.05) is 29.0 Å². The first kappa shape index (κ1) is 28.9. The summed E-state index contributed by atoms with van der Waals surface area (Å²) in [4.78, 5) is 44.6. The lowest BCUT2D eigenvalue weighted by Gasteiger charge is -2.35. The summed E-state index contributed by atoms with van der Waals surface area (Å²) in [6.45, 7) is 1.98. The molecule has 208 valence electrons. The number of ether oxygens (including phenoxy) is 1. The third-order valence-corrected chi connectivity index (χ3v) is 8.51. The van der Waals surface area contributed by atoms with Gasteiger partial charge in [0.25, 0.3) is 5.91 Å². The normalized spacial score (nSPS) is 18.4. The average Bonchev–Trinajstić information content (AvgIpc) is 3.60. The zero-order chi connectivity index (χ0) is 28.2. The first-order valence-corrected chi connectivity index (χ1v) is 14.2. The number of methoxy groups -OCH3 is 1. The molecule has 2 aromatic heterocycles. The Kier molecular flexibility index (Phi) is 9.19. The van der Waals surface area contributed by atoms with Crippen molar-refractivity contribution in [3.05, 3.63) is 51.8 Å². The van der Waals surface area contributed by atoms with Crippen molar-refractivity contribution in [2.75, 3.05) is 23.9 Å². The summed E-state index contributed by atoms with van der Waals surface area (Å²) in [5.41, 5.74) is 3.66. The number of benzene rings is 1. The molecule has 0 saturated heterocycles. The van der Waals surface area contributed by atoms with E-state index in [1.807, 2.05) is 0 Å². The predicted molar refractivity (Wildman–Crippen MR) is 146 cm³/mol. The second kappa shape index (κ2) is 12.4. The molecule has 0 bridgehead atoms. The van der Waals surface area contributed by atoms with Crippen LogP contribution in [0.3, 0.4) is 0 Å². The number of aromatic nitrogens is 1. The molecule has 7 nitrogen and oxygen atoms in total. The van der Waals surface area contributed by atoms with E-state index >= 15 is 0 Å². The van der Waals surface area contributed by atoms with E-state index in [1.165, 1.54) is 34.7 Å². The smallest absolute Gasteiger partial charge is 0.383 e. The summed E-state index contributed by atoms with van der Waals surface area (Å²) in [5.74, 6) is -2.57. The summed E-state index contributed by atoms with van der Waals surface area (Å²) in [6, 6.07) is 8.37. The van der Waals surface area contributed by atoms with Gasteiger partial charge in [-0.2, -0.15) is 13.2 Å². The highest BCUT2D eigenvalue weighted by molar-refractivity contribution is 7.17. The summed E-state index contributed by atoms with van der Waals surface area (Å²) in [5, 5.41) is 4.43. The molecule has 1 atom stereocenters. The summed E-state index contributed by atoms with van der Waals surface area (Å²) >= 11 is 2.54. The van der Waals surface area contributed by atoms with Gasteiger partial charge in [-0.25, -0.2) is 4.98 Å². The number of hydrogen-bond donors (Lipinski definition) is 1. The second-order valence-electron chi connectivity index (χ2n) is 9.49. The van der Waals surface area contributed by atoms with Crippen molar-refractivity contribution in [3.8, 4) is 10.4 Å². The maximum Gasteiger partial charge on any atom is 0.391 e. The number of nitrogens with zero attached hydrogens (tertiary/aromatic N) is 2. The van der Waals surface area contributed by atoms with Crippen molar-refractivity contribution in [3.63, 3.8) is 0 Å². The Hall–Kier alpha value is -3.09. The molecule has 2 heterocycles. The largest absolute Gasteiger partial charge is 0.391 e. The fourth-order valence-electron chi connectivity index (χ4n) is 4.80. The number of halogens is 3. The van der Waals surface area contributed by atoms with Gasteiger partial charge in [0.2, 0.25) is 5.91 Å². The molecule has 12 heteroatoms. The molecular formula is C27H28F3N3O4S2. The summed E-state index contributed by atoms with van der Waals surface area (Å²) < 4.78 is 44.8. The molecular weight excluding hydrogens is 551 g/mol. The van der Waals surface area contributed by atoms with Crippen LogP contribution in [0.1, 0.15) is 52.8 Å². The Labute approximate surface area is 232 Å². The molecule has 1 fully saturated rings. The van der Waals surface area contributed by atoms with Crippen molar-refractivity contribution < 1.29 is 32.3 Å². The van der Waals surface area contributed by atoms with Gasteiger partial charge in [-0.15, -0.1) is 22.7 Å². The molecule has 4 rings (SSSR count). The number of hydrogen-bond acceptors (Lipinski definition) is 7. The van der Waals surface area contributed by atoms with Crippen molar-refractivity contribution >= 4 is 52.1 Å². The number of alkyl halides is 3. The van der Waals surface area contributed by atoms with Crippen LogP contribution < -0.4 is 10.2 Å². The number of aldehydes is 1. The van der Waals surface area contributed by atoms with Gasteiger partial charge >= 0.3 is 6.18 Å². The van der Waals surface area contributed by atoms with Gasteiger partial charge < -0.3 is 15.0 Å². The zero-order valence-corrected chi connectivity index (χ0v) is 23.0. The highest BCUT2D eigenvalue weighted by Gasteiger charge is 2.43. The van der Waals surface area contributed by atoms with Crippen LogP contribution in [-0.2, 0) is 9.53 Å². The molecule has 39 heavy (non-hydrogen) atoms. The van der Waals surface area contributed by atoms with Crippen LogP contribution in [0.4, 0.5) is 24.5 Å². The van der Waals surface area contributed by atoms with Gasteiger partial charge in [-0.05, 0) is 56.4 Å². The van der Waals surface area contributed by atoms with Crippen LogP contribution in [0.2, 0.25) is 0 Å². The Morgan fingerprint density at radius 1 is 1.21 bits per heavy atom. The van der Waals surface area contributed by atoms with E-state index in [0.717, 1.165) is 10.4 Å². The first-order valence-electron chi connectivity index (χ1n) is 12.4. The van der Waals surface area contributed by atoms with Crippen LogP contribution in [0.25, 0.3) is 10.4 Å².